The summed E-state index contributed by atoms with van der Waals surface area (Å²) in [7, 11) is 0. The van der Waals surface area contributed by atoms with Crippen LogP contribution in [-0.2, 0) is 11.2 Å². The number of hydrogen-bond donors (Lipinski definition) is 1. The van der Waals surface area contributed by atoms with Crippen LogP contribution in [0, 0.1) is 0 Å². The van der Waals surface area contributed by atoms with Gasteiger partial charge in [-0.1, -0.05) is 41.9 Å². The van der Waals surface area contributed by atoms with Crippen LogP contribution in [0.4, 0.5) is 0 Å². The van der Waals surface area contributed by atoms with Gasteiger partial charge in [0.25, 0.3) is 0 Å². The highest BCUT2D eigenvalue weighted by atomic mass is 35.5. The van der Waals surface area contributed by atoms with Gasteiger partial charge in [-0.3, -0.25) is 9.20 Å². The van der Waals surface area contributed by atoms with E-state index in [-0.39, 0.29) is 11.9 Å². The van der Waals surface area contributed by atoms with Gasteiger partial charge in [0.15, 0.2) is 5.15 Å². The minimum atomic E-state index is -0.122. The molecule has 2 aromatic heterocycles. The van der Waals surface area contributed by atoms with E-state index >= 15 is 0 Å². The molecule has 0 radical (unpaired) electrons. The van der Waals surface area contributed by atoms with Crippen molar-refractivity contribution in [2.75, 3.05) is 0 Å². The molecule has 4 rings (SSSR count). The van der Waals surface area contributed by atoms with Gasteiger partial charge in [0.2, 0.25) is 5.91 Å². The molecular weight excluding hydrogens is 334 g/mol. The lowest BCUT2D eigenvalue weighted by molar-refractivity contribution is -0.117. The summed E-state index contributed by atoms with van der Waals surface area (Å²) in [5.74, 6) is -0.122. The SMILES string of the molecule is O=C(/C=C/c1c(Cl)nc2ccccn12)N[C@H]1CCCc2ccccc21. The molecule has 1 atom stereocenters. The molecule has 0 unspecified atom stereocenters. The highest BCUT2D eigenvalue weighted by Gasteiger charge is 2.20. The van der Waals surface area contributed by atoms with Crippen molar-refractivity contribution in [2.45, 2.75) is 25.3 Å². The number of nitrogens with one attached hydrogen (secondary N) is 1. The molecule has 3 aromatic rings. The van der Waals surface area contributed by atoms with Crippen LogP contribution in [0.15, 0.2) is 54.7 Å². The number of pyridine rings is 1. The minimum Gasteiger partial charge on any atom is -0.346 e. The Bertz CT molecular complexity index is 960. The summed E-state index contributed by atoms with van der Waals surface area (Å²) in [6.45, 7) is 0. The van der Waals surface area contributed by atoms with Crippen LogP contribution in [0.25, 0.3) is 11.7 Å². The average Bonchev–Trinajstić information content (AvgIpc) is 2.95. The molecule has 4 nitrogen and oxygen atoms in total. The lowest BCUT2D eigenvalue weighted by Crippen LogP contribution is -2.29. The molecule has 1 aromatic carbocycles. The Balaban J connectivity index is 1.53. The summed E-state index contributed by atoms with van der Waals surface area (Å²) in [6, 6.07) is 14.1. The Kier molecular flexibility index (Phi) is 4.28. The quantitative estimate of drug-likeness (QED) is 0.719. The third-order valence-corrected chi connectivity index (χ3v) is 4.88. The molecule has 0 saturated carbocycles. The van der Waals surface area contributed by atoms with E-state index in [1.54, 1.807) is 6.08 Å². The molecule has 1 aliphatic rings. The Morgan fingerprint density at radius 1 is 1.24 bits per heavy atom. The van der Waals surface area contributed by atoms with Crippen molar-refractivity contribution in [1.29, 1.82) is 0 Å². The van der Waals surface area contributed by atoms with Gasteiger partial charge >= 0.3 is 0 Å². The van der Waals surface area contributed by atoms with Gasteiger partial charge in [0.05, 0.1) is 11.7 Å². The molecular formula is C20H18ClN3O. The van der Waals surface area contributed by atoms with Crippen LogP contribution < -0.4 is 5.32 Å². The number of benzene rings is 1. The number of rotatable bonds is 3. The molecule has 5 heteroatoms. The average molecular weight is 352 g/mol. The van der Waals surface area contributed by atoms with Gasteiger partial charge in [-0.15, -0.1) is 0 Å². The first-order valence-electron chi connectivity index (χ1n) is 8.41. The zero-order valence-electron chi connectivity index (χ0n) is 13.7. The number of amides is 1. The van der Waals surface area contributed by atoms with Crippen molar-refractivity contribution in [2.24, 2.45) is 0 Å². The predicted molar refractivity (Wildman–Crippen MR) is 99.5 cm³/mol. The largest absolute Gasteiger partial charge is 0.346 e. The molecule has 1 aliphatic carbocycles. The lowest BCUT2D eigenvalue weighted by atomic mass is 9.88. The van der Waals surface area contributed by atoms with Crippen LogP contribution in [0.1, 0.15) is 35.7 Å². The second-order valence-corrected chi connectivity index (χ2v) is 6.56. The first-order valence-corrected chi connectivity index (χ1v) is 8.79. The van der Waals surface area contributed by atoms with E-state index < -0.39 is 0 Å². The minimum absolute atomic E-state index is 0.0692. The van der Waals surface area contributed by atoms with E-state index in [0.717, 1.165) is 24.9 Å². The number of fused-ring (bicyclic) bond motifs is 2. The Labute approximate surface area is 151 Å². The topological polar surface area (TPSA) is 46.4 Å². The monoisotopic (exact) mass is 351 g/mol. The van der Waals surface area contributed by atoms with Crippen molar-refractivity contribution in [1.82, 2.24) is 14.7 Å². The summed E-state index contributed by atoms with van der Waals surface area (Å²) in [5.41, 5.74) is 4.02. The predicted octanol–water partition coefficient (Wildman–Crippen LogP) is 4.19. The van der Waals surface area contributed by atoms with Gasteiger partial charge in [-0.2, -0.15) is 0 Å². The van der Waals surface area contributed by atoms with Gasteiger partial charge in [0.1, 0.15) is 5.65 Å². The van der Waals surface area contributed by atoms with Crippen molar-refractivity contribution in [3.8, 4) is 0 Å². The van der Waals surface area contributed by atoms with Gasteiger partial charge in [0, 0.05) is 12.3 Å². The maximum Gasteiger partial charge on any atom is 0.244 e. The van der Waals surface area contributed by atoms with Crippen LogP contribution in [0.2, 0.25) is 5.15 Å². The summed E-state index contributed by atoms with van der Waals surface area (Å²) in [5, 5.41) is 3.49. The Morgan fingerprint density at radius 3 is 3.00 bits per heavy atom. The number of aryl methyl sites for hydroxylation is 1. The summed E-state index contributed by atoms with van der Waals surface area (Å²) >= 11 is 6.20. The Morgan fingerprint density at radius 2 is 2.08 bits per heavy atom. The summed E-state index contributed by atoms with van der Waals surface area (Å²) < 4.78 is 1.86. The molecule has 1 N–H and O–H groups in total. The van der Waals surface area contributed by atoms with Crippen molar-refractivity contribution < 1.29 is 4.79 Å². The smallest absolute Gasteiger partial charge is 0.244 e. The zero-order chi connectivity index (χ0) is 17.2. The highest BCUT2D eigenvalue weighted by Crippen LogP contribution is 2.29. The number of aromatic nitrogens is 2. The van der Waals surface area contributed by atoms with Crippen LogP contribution in [0.5, 0.6) is 0 Å². The van der Waals surface area contributed by atoms with Crippen molar-refractivity contribution >= 4 is 29.2 Å². The van der Waals surface area contributed by atoms with Crippen molar-refractivity contribution in [3.63, 3.8) is 0 Å². The molecule has 1 amide bonds. The summed E-state index contributed by atoms with van der Waals surface area (Å²) in [6.07, 6.45) is 8.25. The second-order valence-electron chi connectivity index (χ2n) is 6.20. The number of halogens is 1. The van der Waals surface area contributed by atoms with Crippen LogP contribution >= 0.6 is 11.6 Å². The summed E-state index contributed by atoms with van der Waals surface area (Å²) in [4.78, 5) is 16.7. The first-order chi connectivity index (χ1) is 12.2. The molecule has 25 heavy (non-hydrogen) atoms. The van der Waals surface area contributed by atoms with Crippen LogP contribution in [-0.4, -0.2) is 15.3 Å². The van der Waals surface area contributed by atoms with Crippen molar-refractivity contribution in [3.05, 3.63) is 76.7 Å². The fraction of sp³-hybridized carbons (Fsp3) is 0.200. The highest BCUT2D eigenvalue weighted by molar-refractivity contribution is 6.31. The van der Waals surface area contributed by atoms with Crippen LogP contribution in [0.3, 0.4) is 0 Å². The Hall–Kier alpha value is -2.59. The van der Waals surface area contributed by atoms with Gasteiger partial charge < -0.3 is 5.32 Å². The molecule has 2 heterocycles. The van der Waals surface area contributed by atoms with Gasteiger partial charge in [-0.05, 0) is 48.6 Å². The van der Waals surface area contributed by atoms with E-state index in [0.29, 0.717) is 10.8 Å². The molecule has 0 bridgehead atoms. The maximum absolute atomic E-state index is 12.4. The third kappa shape index (κ3) is 3.17. The number of carbonyl (C=O) groups excluding carboxylic acids is 1. The first kappa shape index (κ1) is 15.9. The van der Waals surface area contributed by atoms with E-state index in [9.17, 15) is 4.79 Å². The zero-order valence-corrected chi connectivity index (χ0v) is 14.4. The molecule has 0 spiro atoms. The molecule has 0 saturated heterocycles. The number of nitrogens with zero attached hydrogens (tertiary/aromatic N) is 2. The van der Waals surface area contributed by atoms with Gasteiger partial charge in [-0.25, -0.2) is 4.98 Å². The van der Waals surface area contributed by atoms with E-state index in [1.165, 1.54) is 17.2 Å². The number of carbonyl (C=O) groups is 1. The maximum atomic E-state index is 12.4. The number of hydrogen-bond acceptors (Lipinski definition) is 2. The fourth-order valence-electron chi connectivity index (χ4n) is 3.41. The third-order valence-electron chi connectivity index (χ3n) is 4.60. The fourth-order valence-corrected chi connectivity index (χ4v) is 3.65. The second kappa shape index (κ2) is 6.73. The standard InChI is InChI=1S/C20H18ClN3O/c21-20-17(24-13-4-3-10-18(24)23-20)11-12-19(25)22-16-9-5-7-14-6-1-2-8-15(14)16/h1-4,6,8,10-13,16H,5,7,9H2,(H,22,25)/b12-11+/t16-/m0/s1. The molecule has 0 fully saturated rings. The van der Waals surface area contributed by atoms with E-state index in [1.807, 2.05) is 34.9 Å². The van der Waals surface area contributed by atoms with E-state index in [2.05, 4.69) is 28.5 Å². The molecule has 0 aliphatic heterocycles. The molecule has 126 valence electrons. The lowest BCUT2D eigenvalue weighted by Gasteiger charge is -2.25. The normalized spacial score (nSPS) is 16.9. The van der Waals surface area contributed by atoms with E-state index in [4.69, 9.17) is 11.6 Å². The number of imidazole rings is 1.